The van der Waals surface area contributed by atoms with E-state index in [0.717, 1.165) is 24.4 Å². The summed E-state index contributed by atoms with van der Waals surface area (Å²) in [5.41, 5.74) is 8.39. The highest BCUT2D eigenvalue weighted by molar-refractivity contribution is 7.99. The first-order valence-electron chi connectivity index (χ1n) is 8.27. The third-order valence-electron chi connectivity index (χ3n) is 4.54. The van der Waals surface area contributed by atoms with Crippen molar-refractivity contribution in [1.82, 2.24) is 9.88 Å². The van der Waals surface area contributed by atoms with E-state index in [2.05, 4.69) is 29.2 Å². The van der Waals surface area contributed by atoms with Crippen molar-refractivity contribution in [3.63, 3.8) is 0 Å². The van der Waals surface area contributed by atoms with Gasteiger partial charge in [0.25, 0.3) is 0 Å². The summed E-state index contributed by atoms with van der Waals surface area (Å²) in [5.74, 6) is 2.23. The molecule has 2 N–H and O–H groups in total. The molecule has 0 aliphatic carbocycles. The largest absolute Gasteiger partial charge is 0.341 e. The van der Waals surface area contributed by atoms with Gasteiger partial charge in [-0.05, 0) is 29.7 Å². The molecule has 5 heteroatoms. The smallest absolute Gasteiger partial charge is 0.232 e. The van der Waals surface area contributed by atoms with E-state index in [4.69, 9.17) is 5.73 Å². The average molecular weight is 341 g/mol. The van der Waals surface area contributed by atoms with Gasteiger partial charge in [0.1, 0.15) is 0 Å². The van der Waals surface area contributed by atoms with Crippen LogP contribution < -0.4 is 5.73 Å². The lowest BCUT2D eigenvalue weighted by molar-refractivity contribution is -0.127. The third-order valence-corrected chi connectivity index (χ3v) is 5.53. The number of carbonyl (C=O) groups is 1. The topological polar surface area (TPSA) is 59.2 Å². The Hall–Kier alpha value is -1.85. The predicted molar refractivity (Wildman–Crippen MR) is 98.7 cm³/mol. The number of nitrogens with two attached hydrogens (primary N) is 1. The van der Waals surface area contributed by atoms with Gasteiger partial charge < -0.3 is 10.6 Å². The molecule has 4 nitrogen and oxygen atoms in total. The number of hydrogen-bond acceptors (Lipinski definition) is 4. The average Bonchev–Trinajstić information content (AvgIpc) is 3.08. The van der Waals surface area contributed by atoms with Crippen LogP contribution in [0.4, 0.5) is 0 Å². The van der Waals surface area contributed by atoms with E-state index in [1.54, 1.807) is 18.0 Å². The van der Waals surface area contributed by atoms with Gasteiger partial charge in [0.2, 0.25) is 5.91 Å². The molecule has 0 bridgehead atoms. The normalized spacial score (nSPS) is 20.3. The van der Waals surface area contributed by atoms with Crippen molar-refractivity contribution in [2.45, 2.75) is 11.7 Å². The highest BCUT2D eigenvalue weighted by atomic mass is 32.2. The van der Waals surface area contributed by atoms with Gasteiger partial charge in [0, 0.05) is 37.2 Å². The maximum atomic E-state index is 12.5. The molecular weight excluding hydrogens is 318 g/mol. The summed E-state index contributed by atoms with van der Waals surface area (Å²) in [4.78, 5) is 18.6. The lowest BCUT2D eigenvalue weighted by atomic mass is 9.89. The monoisotopic (exact) mass is 341 g/mol. The summed E-state index contributed by atoms with van der Waals surface area (Å²) in [5, 5.41) is 0. The van der Waals surface area contributed by atoms with Crippen LogP contribution >= 0.6 is 11.8 Å². The zero-order valence-corrected chi connectivity index (χ0v) is 14.5. The number of aromatic nitrogens is 1. The molecule has 1 aliphatic rings. The molecule has 2 atom stereocenters. The standard InChI is InChI=1S/C19H23N3OS/c20-9-17-11-22(12-18(17)16-6-2-1-3-7-16)19(23)14-24-13-15-5-4-8-21-10-15/h1-8,10,17-18H,9,11-14,20H2/t17-,18+/m1/s1. The first-order chi connectivity index (χ1) is 11.8. The predicted octanol–water partition coefficient (Wildman–Crippen LogP) is 2.52. The second-order valence-corrected chi connectivity index (χ2v) is 7.15. The lowest BCUT2D eigenvalue weighted by Crippen LogP contribution is -2.31. The Bertz CT molecular complexity index is 650. The van der Waals surface area contributed by atoms with Gasteiger partial charge in [0.15, 0.2) is 0 Å². The zero-order chi connectivity index (χ0) is 16.8. The van der Waals surface area contributed by atoms with Crippen LogP contribution in [0.25, 0.3) is 0 Å². The number of rotatable bonds is 6. The number of benzene rings is 1. The molecule has 0 radical (unpaired) electrons. The maximum absolute atomic E-state index is 12.5. The van der Waals surface area contributed by atoms with Crippen molar-refractivity contribution in [3.05, 3.63) is 66.0 Å². The van der Waals surface area contributed by atoms with Crippen LogP contribution in [0.5, 0.6) is 0 Å². The van der Waals surface area contributed by atoms with Crippen LogP contribution in [-0.4, -0.2) is 41.2 Å². The van der Waals surface area contributed by atoms with Crippen LogP contribution in [0.15, 0.2) is 54.9 Å². The van der Waals surface area contributed by atoms with Gasteiger partial charge in [0.05, 0.1) is 5.75 Å². The molecule has 0 saturated carbocycles. The summed E-state index contributed by atoms with van der Waals surface area (Å²) in [6.45, 7) is 2.16. The molecule has 2 aromatic rings. The Kier molecular flexibility index (Phi) is 5.88. The number of amides is 1. The molecule has 2 heterocycles. The molecule has 0 spiro atoms. The Morgan fingerprint density at radius 2 is 2.04 bits per heavy atom. The molecule has 3 rings (SSSR count). The fraction of sp³-hybridized carbons (Fsp3) is 0.368. The van der Waals surface area contributed by atoms with Crippen molar-refractivity contribution >= 4 is 17.7 Å². The van der Waals surface area contributed by atoms with Gasteiger partial charge in [-0.25, -0.2) is 0 Å². The van der Waals surface area contributed by atoms with Gasteiger partial charge in [-0.1, -0.05) is 36.4 Å². The number of carbonyl (C=O) groups excluding carboxylic acids is 1. The Balaban J connectivity index is 1.54. The molecule has 126 valence electrons. The Morgan fingerprint density at radius 3 is 2.75 bits per heavy atom. The van der Waals surface area contributed by atoms with E-state index >= 15 is 0 Å². The van der Waals surface area contributed by atoms with Gasteiger partial charge in [-0.3, -0.25) is 9.78 Å². The second-order valence-electron chi connectivity index (χ2n) is 6.17. The molecule has 0 unspecified atom stereocenters. The summed E-state index contributed by atoms with van der Waals surface area (Å²) < 4.78 is 0. The minimum absolute atomic E-state index is 0.209. The van der Waals surface area contributed by atoms with E-state index in [0.29, 0.717) is 24.1 Å². The Labute approximate surface area is 147 Å². The van der Waals surface area contributed by atoms with Crippen molar-refractivity contribution in [3.8, 4) is 0 Å². The molecule has 24 heavy (non-hydrogen) atoms. The summed E-state index contributed by atoms with van der Waals surface area (Å²) in [6.07, 6.45) is 3.61. The molecular formula is C19H23N3OS. The van der Waals surface area contributed by atoms with Gasteiger partial charge in [-0.15, -0.1) is 11.8 Å². The van der Waals surface area contributed by atoms with Crippen LogP contribution in [0, 0.1) is 5.92 Å². The fourth-order valence-electron chi connectivity index (χ4n) is 3.22. The Morgan fingerprint density at radius 1 is 1.21 bits per heavy atom. The summed E-state index contributed by atoms with van der Waals surface area (Å²) in [7, 11) is 0. The SMILES string of the molecule is NC[C@@H]1CN(C(=O)CSCc2cccnc2)C[C@H]1c1ccccc1. The molecule has 1 amide bonds. The molecule has 1 aromatic carbocycles. The molecule has 1 aliphatic heterocycles. The molecule has 1 fully saturated rings. The number of likely N-dealkylation sites (tertiary alicyclic amines) is 1. The van der Waals surface area contributed by atoms with Crippen molar-refractivity contribution in [2.75, 3.05) is 25.4 Å². The quantitative estimate of drug-likeness (QED) is 0.877. The van der Waals surface area contributed by atoms with E-state index in [1.807, 2.05) is 29.3 Å². The highest BCUT2D eigenvalue weighted by Crippen LogP contribution is 2.32. The van der Waals surface area contributed by atoms with Crippen LogP contribution in [0.3, 0.4) is 0 Å². The van der Waals surface area contributed by atoms with Crippen molar-refractivity contribution < 1.29 is 4.79 Å². The number of hydrogen-bond donors (Lipinski definition) is 1. The number of pyridine rings is 1. The molecule has 1 saturated heterocycles. The number of thioether (sulfide) groups is 1. The first kappa shape index (κ1) is 17.0. The maximum Gasteiger partial charge on any atom is 0.232 e. The lowest BCUT2D eigenvalue weighted by Gasteiger charge is -2.16. The van der Waals surface area contributed by atoms with Crippen molar-refractivity contribution in [1.29, 1.82) is 0 Å². The third kappa shape index (κ3) is 4.16. The second kappa shape index (κ2) is 8.31. The van der Waals surface area contributed by atoms with Gasteiger partial charge in [-0.2, -0.15) is 0 Å². The summed E-state index contributed by atoms with van der Waals surface area (Å²) >= 11 is 1.64. The number of nitrogens with zero attached hydrogens (tertiary/aromatic N) is 2. The van der Waals surface area contributed by atoms with Gasteiger partial charge >= 0.3 is 0 Å². The molecule has 1 aromatic heterocycles. The zero-order valence-electron chi connectivity index (χ0n) is 13.7. The highest BCUT2D eigenvalue weighted by Gasteiger charge is 2.34. The summed E-state index contributed by atoms with van der Waals surface area (Å²) in [6, 6.07) is 14.4. The van der Waals surface area contributed by atoms with Crippen LogP contribution in [0.1, 0.15) is 17.0 Å². The fourth-order valence-corrected chi connectivity index (χ4v) is 4.09. The first-order valence-corrected chi connectivity index (χ1v) is 9.43. The van der Waals surface area contributed by atoms with E-state index in [9.17, 15) is 4.79 Å². The van der Waals surface area contributed by atoms with Crippen LogP contribution in [-0.2, 0) is 10.5 Å². The minimum atomic E-state index is 0.209. The minimum Gasteiger partial charge on any atom is -0.341 e. The van der Waals surface area contributed by atoms with E-state index in [-0.39, 0.29) is 5.91 Å². The van der Waals surface area contributed by atoms with E-state index < -0.39 is 0 Å². The van der Waals surface area contributed by atoms with Crippen LogP contribution in [0.2, 0.25) is 0 Å². The van der Waals surface area contributed by atoms with E-state index in [1.165, 1.54) is 5.56 Å². The van der Waals surface area contributed by atoms with Crippen molar-refractivity contribution in [2.24, 2.45) is 11.7 Å².